The molecule has 0 atom stereocenters. The third-order valence-electron chi connectivity index (χ3n) is 4.61. The van der Waals surface area contributed by atoms with Crippen molar-refractivity contribution in [2.45, 2.75) is 27.2 Å². The van der Waals surface area contributed by atoms with Crippen molar-refractivity contribution < 1.29 is 8.78 Å². The molecule has 2 heteroatoms. The van der Waals surface area contributed by atoms with Gasteiger partial charge in [0.2, 0.25) is 0 Å². The summed E-state index contributed by atoms with van der Waals surface area (Å²) in [5.74, 6) is -0.621. The molecule has 3 aromatic rings. The molecule has 3 rings (SSSR count). The second-order valence-corrected chi connectivity index (χ2v) is 6.11. The van der Waals surface area contributed by atoms with Crippen LogP contribution in [0.15, 0.2) is 54.6 Å². The largest absolute Gasteiger partial charge is 0.206 e. The van der Waals surface area contributed by atoms with E-state index in [-0.39, 0.29) is 11.6 Å². The van der Waals surface area contributed by atoms with Crippen molar-refractivity contribution in [1.29, 1.82) is 0 Å². The minimum absolute atomic E-state index is 0.283. The Bertz CT molecular complexity index is 877. The molecule has 0 aliphatic rings. The Hall–Kier alpha value is -2.48. The average Bonchev–Trinajstić information content (AvgIpc) is 2.60. The monoisotopic (exact) mass is 322 g/mol. The third-order valence-corrected chi connectivity index (χ3v) is 4.61. The molecule has 0 bridgehead atoms. The normalized spacial score (nSPS) is 10.9. The van der Waals surface area contributed by atoms with E-state index >= 15 is 0 Å². The first-order valence-electron chi connectivity index (χ1n) is 8.16. The highest BCUT2D eigenvalue weighted by Crippen LogP contribution is 2.31. The molecule has 0 aliphatic heterocycles. The molecule has 0 spiro atoms. The van der Waals surface area contributed by atoms with Crippen LogP contribution in [0.4, 0.5) is 8.78 Å². The second kappa shape index (κ2) is 6.56. The van der Waals surface area contributed by atoms with Crippen molar-refractivity contribution >= 4 is 0 Å². The van der Waals surface area contributed by atoms with Crippen molar-refractivity contribution in [2.24, 2.45) is 0 Å². The van der Waals surface area contributed by atoms with Gasteiger partial charge in [-0.1, -0.05) is 55.5 Å². The van der Waals surface area contributed by atoms with Crippen LogP contribution in [0.25, 0.3) is 22.3 Å². The summed E-state index contributed by atoms with van der Waals surface area (Å²) in [7, 11) is 0. The number of halogens is 2. The molecule has 0 amide bonds. The minimum Gasteiger partial charge on any atom is -0.206 e. The average molecular weight is 322 g/mol. The molecule has 0 saturated carbocycles. The molecular weight excluding hydrogens is 302 g/mol. The molecule has 0 saturated heterocycles. The topological polar surface area (TPSA) is 0 Å². The van der Waals surface area contributed by atoms with E-state index in [4.69, 9.17) is 0 Å². The van der Waals surface area contributed by atoms with Crippen LogP contribution in [0.3, 0.4) is 0 Å². The van der Waals surface area contributed by atoms with E-state index < -0.39 is 0 Å². The van der Waals surface area contributed by atoms with Crippen molar-refractivity contribution in [3.8, 4) is 22.3 Å². The minimum atomic E-state index is -0.339. The van der Waals surface area contributed by atoms with Gasteiger partial charge in [-0.2, -0.15) is 0 Å². The van der Waals surface area contributed by atoms with E-state index in [1.807, 2.05) is 37.3 Å². The van der Waals surface area contributed by atoms with Crippen LogP contribution < -0.4 is 0 Å². The summed E-state index contributed by atoms with van der Waals surface area (Å²) < 4.78 is 29.1. The van der Waals surface area contributed by atoms with Gasteiger partial charge in [-0.15, -0.1) is 0 Å². The Morgan fingerprint density at radius 3 is 2.00 bits per heavy atom. The zero-order chi connectivity index (χ0) is 17.3. The van der Waals surface area contributed by atoms with Crippen molar-refractivity contribution in [2.75, 3.05) is 0 Å². The lowest BCUT2D eigenvalue weighted by atomic mass is 9.96. The van der Waals surface area contributed by atoms with Gasteiger partial charge >= 0.3 is 0 Å². The maximum Gasteiger partial charge on any atom is 0.134 e. The molecule has 24 heavy (non-hydrogen) atoms. The predicted molar refractivity (Wildman–Crippen MR) is 96.1 cm³/mol. The Kier molecular flexibility index (Phi) is 4.48. The van der Waals surface area contributed by atoms with Crippen LogP contribution in [0.2, 0.25) is 0 Å². The second-order valence-electron chi connectivity index (χ2n) is 6.11. The van der Waals surface area contributed by atoms with Crippen LogP contribution in [0, 0.1) is 25.5 Å². The summed E-state index contributed by atoms with van der Waals surface area (Å²) in [5.41, 5.74) is 5.07. The van der Waals surface area contributed by atoms with E-state index in [1.165, 1.54) is 11.6 Å². The van der Waals surface area contributed by atoms with E-state index in [0.29, 0.717) is 22.3 Å². The Labute approximate surface area is 141 Å². The van der Waals surface area contributed by atoms with Gasteiger partial charge in [-0.25, -0.2) is 8.78 Å². The molecule has 0 unspecified atom stereocenters. The first-order chi connectivity index (χ1) is 11.5. The van der Waals surface area contributed by atoms with Crippen LogP contribution in [0.1, 0.15) is 23.6 Å². The van der Waals surface area contributed by atoms with Gasteiger partial charge in [0.05, 0.1) is 0 Å². The number of hydrogen-bond donors (Lipinski definition) is 0. The Morgan fingerprint density at radius 2 is 1.38 bits per heavy atom. The highest BCUT2D eigenvalue weighted by atomic mass is 19.1. The summed E-state index contributed by atoms with van der Waals surface area (Å²) >= 11 is 0. The lowest BCUT2D eigenvalue weighted by Gasteiger charge is -2.11. The fraction of sp³-hybridized carbons (Fsp3) is 0.182. The highest BCUT2D eigenvalue weighted by Gasteiger charge is 2.12. The standard InChI is InChI=1S/C22H20F2/c1-4-16-6-8-17(9-7-16)19-12-10-18(13-21(19)23)20-11-5-14(2)15(3)22(20)24/h5-13H,4H2,1-3H3. The van der Waals surface area contributed by atoms with E-state index in [9.17, 15) is 8.78 Å². The number of rotatable bonds is 3. The van der Waals surface area contributed by atoms with Crippen molar-refractivity contribution in [3.05, 3.63) is 82.9 Å². The molecule has 0 heterocycles. The summed E-state index contributed by atoms with van der Waals surface area (Å²) in [6.07, 6.45) is 0.952. The maximum absolute atomic E-state index is 14.6. The Morgan fingerprint density at radius 1 is 0.750 bits per heavy atom. The molecule has 3 aromatic carbocycles. The predicted octanol–water partition coefficient (Wildman–Crippen LogP) is 6.48. The molecule has 122 valence electrons. The molecule has 0 fully saturated rings. The quantitative estimate of drug-likeness (QED) is 0.518. The van der Waals surface area contributed by atoms with Gasteiger partial charge in [0, 0.05) is 11.1 Å². The maximum atomic E-state index is 14.6. The van der Waals surface area contributed by atoms with Gasteiger partial charge in [-0.3, -0.25) is 0 Å². The Balaban J connectivity index is 2.02. The molecule has 0 N–H and O–H groups in total. The van der Waals surface area contributed by atoms with Crippen molar-refractivity contribution in [1.82, 2.24) is 0 Å². The first-order valence-corrected chi connectivity index (χ1v) is 8.16. The number of benzene rings is 3. The van der Waals surface area contributed by atoms with E-state index in [1.54, 1.807) is 25.1 Å². The molecule has 0 aromatic heterocycles. The van der Waals surface area contributed by atoms with Gasteiger partial charge in [0.1, 0.15) is 11.6 Å². The fourth-order valence-electron chi connectivity index (χ4n) is 2.84. The molecule has 0 nitrogen and oxygen atoms in total. The molecular formula is C22H20F2. The van der Waals surface area contributed by atoms with E-state index in [0.717, 1.165) is 17.5 Å². The lowest BCUT2D eigenvalue weighted by Crippen LogP contribution is -1.93. The summed E-state index contributed by atoms with van der Waals surface area (Å²) in [6, 6.07) is 16.3. The smallest absolute Gasteiger partial charge is 0.134 e. The lowest BCUT2D eigenvalue weighted by molar-refractivity contribution is 0.618. The highest BCUT2D eigenvalue weighted by molar-refractivity contribution is 5.72. The molecule has 0 aliphatic carbocycles. The van der Waals surface area contributed by atoms with Gasteiger partial charge in [0.15, 0.2) is 0 Å². The van der Waals surface area contributed by atoms with Gasteiger partial charge in [-0.05, 0) is 54.2 Å². The summed E-state index contributed by atoms with van der Waals surface area (Å²) in [4.78, 5) is 0. The van der Waals surface area contributed by atoms with Crippen LogP contribution in [-0.2, 0) is 6.42 Å². The third kappa shape index (κ3) is 2.96. The van der Waals surface area contributed by atoms with Crippen LogP contribution in [0.5, 0.6) is 0 Å². The SMILES string of the molecule is CCc1ccc(-c2ccc(-c3ccc(C)c(C)c3F)cc2F)cc1. The zero-order valence-corrected chi connectivity index (χ0v) is 14.2. The van der Waals surface area contributed by atoms with E-state index in [2.05, 4.69) is 6.92 Å². The summed E-state index contributed by atoms with van der Waals surface area (Å²) in [5, 5.41) is 0. The number of hydrogen-bond acceptors (Lipinski definition) is 0. The first kappa shape index (κ1) is 16.4. The van der Waals surface area contributed by atoms with Crippen LogP contribution >= 0.6 is 0 Å². The zero-order valence-electron chi connectivity index (χ0n) is 14.2. The van der Waals surface area contributed by atoms with Crippen LogP contribution in [-0.4, -0.2) is 0 Å². The van der Waals surface area contributed by atoms with Gasteiger partial charge < -0.3 is 0 Å². The molecule has 0 radical (unpaired) electrons. The van der Waals surface area contributed by atoms with Crippen molar-refractivity contribution in [3.63, 3.8) is 0 Å². The summed E-state index contributed by atoms with van der Waals surface area (Å²) in [6.45, 7) is 5.70. The fourth-order valence-corrected chi connectivity index (χ4v) is 2.84. The number of aryl methyl sites for hydroxylation is 2. The van der Waals surface area contributed by atoms with Gasteiger partial charge in [0.25, 0.3) is 0 Å².